The first-order valence-corrected chi connectivity index (χ1v) is 7.26. The molecule has 4 heterocycles. The van der Waals surface area contributed by atoms with Gasteiger partial charge in [0, 0.05) is 25.1 Å². The average Bonchev–Trinajstić information content (AvgIpc) is 3.22. The molecule has 22 heavy (non-hydrogen) atoms. The van der Waals surface area contributed by atoms with Gasteiger partial charge in [0.05, 0.1) is 11.4 Å². The molecule has 1 aliphatic rings. The first-order valence-electron chi connectivity index (χ1n) is 7.26. The van der Waals surface area contributed by atoms with Crippen molar-refractivity contribution in [3.8, 4) is 0 Å². The lowest BCUT2D eigenvalue weighted by molar-refractivity contribution is 0.0696. The highest BCUT2D eigenvalue weighted by atomic mass is 16.5. The van der Waals surface area contributed by atoms with Crippen molar-refractivity contribution in [2.24, 2.45) is 0 Å². The van der Waals surface area contributed by atoms with Crippen LogP contribution in [0.2, 0.25) is 0 Å². The number of aromatic nitrogens is 3. The predicted octanol–water partition coefficient (Wildman–Crippen LogP) is 2.60. The monoisotopic (exact) mass is 294 g/mol. The fourth-order valence-corrected chi connectivity index (χ4v) is 3.00. The number of amides is 1. The summed E-state index contributed by atoms with van der Waals surface area (Å²) in [5.41, 5.74) is 1.51. The van der Waals surface area contributed by atoms with Gasteiger partial charge in [-0.3, -0.25) is 9.78 Å². The van der Waals surface area contributed by atoms with Crippen LogP contribution in [0.3, 0.4) is 0 Å². The summed E-state index contributed by atoms with van der Waals surface area (Å²) in [4.78, 5) is 22.9. The molecule has 1 aliphatic heterocycles. The van der Waals surface area contributed by atoms with Gasteiger partial charge in [-0.1, -0.05) is 11.2 Å². The molecule has 0 aromatic carbocycles. The van der Waals surface area contributed by atoms with Crippen molar-refractivity contribution in [1.82, 2.24) is 20.0 Å². The van der Waals surface area contributed by atoms with Gasteiger partial charge in [0.15, 0.2) is 0 Å². The summed E-state index contributed by atoms with van der Waals surface area (Å²) in [6, 6.07) is 7.52. The maximum absolute atomic E-state index is 12.8. The number of fused-ring (bicyclic) bond motifs is 1. The molecular formula is C16H14N4O2. The summed E-state index contributed by atoms with van der Waals surface area (Å²) < 4.78 is 5.25. The Kier molecular flexibility index (Phi) is 3.07. The largest absolute Gasteiger partial charge is 0.348 e. The molecule has 6 heteroatoms. The average molecular weight is 294 g/mol. The van der Waals surface area contributed by atoms with Crippen LogP contribution in [0.15, 0.2) is 47.4 Å². The minimum atomic E-state index is -0.137. The number of hydrogen-bond donors (Lipinski definition) is 0. The second-order valence-corrected chi connectivity index (χ2v) is 5.33. The Bertz CT molecular complexity index is 815. The van der Waals surface area contributed by atoms with Gasteiger partial charge in [-0.15, -0.1) is 0 Å². The Morgan fingerprint density at radius 1 is 1.27 bits per heavy atom. The number of carbonyl (C=O) groups is 1. The molecule has 0 N–H and O–H groups in total. The van der Waals surface area contributed by atoms with Gasteiger partial charge in [0.2, 0.25) is 11.4 Å². The van der Waals surface area contributed by atoms with E-state index < -0.39 is 0 Å². The van der Waals surface area contributed by atoms with Gasteiger partial charge in [-0.25, -0.2) is 4.98 Å². The number of hydrogen-bond acceptors (Lipinski definition) is 5. The molecule has 1 fully saturated rings. The van der Waals surface area contributed by atoms with Crippen LogP contribution in [-0.4, -0.2) is 32.5 Å². The highest BCUT2D eigenvalue weighted by molar-refractivity contribution is 6.02. The minimum Gasteiger partial charge on any atom is -0.348 e. The van der Waals surface area contributed by atoms with Crippen molar-refractivity contribution < 1.29 is 9.32 Å². The number of nitrogens with zero attached hydrogens (tertiary/aromatic N) is 4. The Morgan fingerprint density at radius 2 is 2.18 bits per heavy atom. The number of carbonyl (C=O) groups excluding carboxylic acids is 1. The van der Waals surface area contributed by atoms with Gasteiger partial charge in [0.25, 0.3) is 5.91 Å². The van der Waals surface area contributed by atoms with Gasteiger partial charge in [-0.05, 0) is 36.6 Å². The van der Waals surface area contributed by atoms with Crippen LogP contribution in [0.5, 0.6) is 0 Å². The van der Waals surface area contributed by atoms with E-state index in [1.165, 1.54) is 0 Å². The van der Waals surface area contributed by atoms with Crippen molar-refractivity contribution >= 4 is 16.9 Å². The maximum Gasteiger partial charge on any atom is 0.293 e. The highest BCUT2D eigenvalue weighted by Crippen LogP contribution is 2.33. The number of likely N-dealkylation sites (tertiary alicyclic amines) is 1. The molecule has 3 aromatic rings. The van der Waals surface area contributed by atoms with E-state index >= 15 is 0 Å². The molecule has 110 valence electrons. The van der Waals surface area contributed by atoms with E-state index in [1.807, 2.05) is 23.2 Å². The Balaban J connectivity index is 1.70. The molecular weight excluding hydrogens is 280 g/mol. The van der Waals surface area contributed by atoms with Crippen LogP contribution in [0.1, 0.15) is 35.0 Å². The summed E-state index contributed by atoms with van der Waals surface area (Å²) in [6.07, 6.45) is 7.08. The normalized spacial score (nSPS) is 18.0. The van der Waals surface area contributed by atoms with Gasteiger partial charge >= 0.3 is 0 Å². The topological polar surface area (TPSA) is 72.1 Å². The second-order valence-electron chi connectivity index (χ2n) is 5.33. The van der Waals surface area contributed by atoms with E-state index in [4.69, 9.17) is 4.52 Å². The van der Waals surface area contributed by atoms with Crippen molar-refractivity contribution in [2.75, 3.05) is 6.54 Å². The molecule has 1 unspecified atom stereocenters. The second kappa shape index (κ2) is 5.22. The lowest BCUT2D eigenvalue weighted by atomic mass is 10.1. The zero-order valence-corrected chi connectivity index (χ0v) is 11.8. The van der Waals surface area contributed by atoms with Crippen molar-refractivity contribution in [2.45, 2.75) is 18.9 Å². The fraction of sp³-hybridized carbons (Fsp3) is 0.250. The molecule has 1 amide bonds. The lowest BCUT2D eigenvalue weighted by Gasteiger charge is -2.23. The first kappa shape index (κ1) is 12.9. The Labute approximate surface area is 126 Å². The van der Waals surface area contributed by atoms with Crippen LogP contribution in [-0.2, 0) is 0 Å². The summed E-state index contributed by atoms with van der Waals surface area (Å²) in [6.45, 7) is 0.709. The van der Waals surface area contributed by atoms with E-state index in [-0.39, 0.29) is 17.7 Å². The third kappa shape index (κ3) is 2.04. The smallest absolute Gasteiger partial charge is 0.293 e. The SMILES string of the molecule is O=C(c1onc2ncccc12)N1CCCC1c1cccnc1. The summed E-state index contributed by atoms with van der Waals surface area (Å²) >= 11 is 0. The molecule has 6 nitrogen and oxygen atoms in total. The Morgan fingerprint density at radius 3 is 3.05 bits per heavy atom. The van der Waals surface area contributed by atoms with Crippen molar-refractivity contribution in [3.63, 3.8) is 0 Å². The minimum absolute atomic E-state index is 0.0398. The van der Waals surface area contributed by atoms with Crippen LogP contribution in [0.4, 0.5) is 0 Å². The van der Waals surface area contributed by atoms with Crippen LogP contribution in [0.25, 0.3) is 11.0 Å². The third-order valence-corrected chi connectivity index (χ3v) is 4.03. The molecule has 1 saturated heterocycles. The molecule has 3 aromatic heterocycles. The molecule has 0 spiro atoms. The first-order chi connectivity index (χ1) is 10.8. The predicted molar refractivity (Wildman–Crippen MR) is 79.1 cm³/mol. The van der Waals surface area contributed by atoms with E-state index in [0.29, 0.717) is 17.6 Å². The molecule has 0 radical (unpaired) electrons. The van der Waals surface area contributed by atoms with Crippen molar-refractivity contribution in [3.05, 3.63) is 54.2 Å². The lowest BCUT2D eigenvalue weighted by Crippen LogP contribution is -2.30. The molecule has 0 bridgehead atoms. The van der Waals surface area contributed by atoms with Gasteiger partial charge in [0.1, 0.15) is 0 Å². The molecule has 0 aliphatic carbocycles. The summed E-state index contributed by atoms with van der Waals surface area (Å²) in [7, 11) is 0. The zero-order chi connectivity index (χ0) is 14.9. The zero-order valence-electron chi connectivity index (χ0n) is 11.8. The fourth-order valence-electron chi connectivity index (χ4n) is 3.00. The number of rotatable bonds is 2. The third-order valence-electron chi connectivity index (χ3n) is 4.03. The van der Waals surface area contributed by atoms with Gasteiger partial charge in [-0.2, -0.15) is 0 Å². The van der Waals surface area contributed by atoms with E-state index in [0.717, 1.165) is 18.4 Å². The maximum atomic E-state index is 12.8. The van der Waals surface area contributed by atoms with Gasteiger partial charge < -0.3 is 9.42 Å². The highest BCUT2D eigenvalue weighted by Gasteiger charge is 2.33. The Hall–Kier alpha value is -2.76. The molecule has 1 atom stereocenters. The summed E-state index contributed by atoms with van der Waals surface area (Å²) in [5, 5.41) is 4.52. The standard InChI is InChI=1S/C16H14N4O2/c21-16(14-12-5-2-8-18-15(12)19-22-14)20-9-3-6-13(20)11-4-1-7-17-10-11/h1-2,4-5,7-8,10,13H,3,6,9H2. The number of pyridine rings is 2. The molecule has 4 rings (SSSR count). The van der Waals surface area contributed by atoms with E-state index in [1.54, 1.807) is 24.5 Å². The van der Waals surface area contributed by atoms with Crippen LogP contribution < -0.4 is 0 Å². The van der Waals surface area contributed by atoms with E-state index in [9.17, 15) is 4.79 Å². The molecule has 0 saturated carbocycles. The summed E-state index contributed by atoms with van der Waals surface area (Å²) in [5.74, 6) is 0.126. The van der Waals surface area contributed by atoms with E-state index in [2.05, 4.69) is 15.1 Å². The van der Waals surface area contributed by atoms with Crippen LogP contribution in [0, 0.1) is 0 Å². The van der Waals surface area contributed by atoms with Crippen LogP contribution >= 0.6 is 0 Å². The van der Waals surface area contributed by atoms with Crippen molar-refractivity contribution in [1.29, 1.82) is 0 Å². The quantitative estimate of drug-likeness (QED) is 0.726.